The van der Waals surface area contributed by atoms with Crippen LogP contribution in [0.2, 0.25) is 0 Å². The first-order valence-corrected chi connectivity index (χ1v) is 17.3. The monoisotopic (exact) mass is 636 g/mol. The molecule has 44 heavy (non-hydrogen) atoms. The van der Waals surface area contributed by atoms with E-state index in [1.807, 2.05) is 0 Å². The predicted molar refractivity (Wildman–Crippen MR) is 175 cm³/mol. The Balaban J connectivity index is 0.797. The molecule has 10 heteroatoms. The molecule has 2 aliphatic heterocycles. The lowest BCUT2D eigenvalue weighted by Gasteiger charge is -2.17. The van der Waals surface area contributed by atoms with Crippen LogP contribution < -0.4 is 0 Å². The molecule has 2 aromatic heterocycles. The second-order valence-electron chi connectivity index (χ2n) is 11.5. The molecule has 0 unspecified atom stereocenters. The molecule has 0 radical (unpaired) electrons. The maximum atomic E-state index is 12.4. The molecule has 8 nitrogen and oxygen atoms in total. The van der Waals surface area contributed by atoms with Gasteiger partial charge in [0, 0.05) is 48.7 Å². The maximum absolute atomic E-state index is 12.4. The van der Waals surface area contributed by atoms with E-state index in [0.29, 0.717) is 52.4 Å². The third kappa shape index (κ3) is 8.65. The van der Waals surface area contributed by atoms with Crippen molar-refractivity contribution in [3.63, 3.8) is 0 Å². The van der Waals surface area contributed by atoms with E-state index in [-0.39, 0.29) is 12.2 Å². The molecule has 6 rings (SSSR count). The van der Waals surface area contributed by atoms with Crippen molar-refractivity contribution in [1.29, 1.82) is 0 Å². The highest BCUT2D eigenvalue weighted by atomic mass is 32.1. The van der Waals surface area contributed by atoms with Crippen molar-refractivity contribution in [3.05, 3.63) is 70.4 Å². The molecule has 0 bridgehead atoms. The fourth-order valence-corrected chi connectivity index (χ4v) is 7.58. The number of likely N-dealkylation sites (tertiary alicyclic amines) is 2. The minimum Gasteiger partial charge on any atom is -0.453 e. The number of ether oxygens (including phenoxy) is 4. The smallest absolute Gasteiger partial charge is 0.417 e. The Hall–Kier alpha value is -2.86. The minimum atomic E-state index is -0.890. The van der Waals surface area contributed by atoms with Crippen LogP contribution in [0.1, 0.15) is 24.0 Å². The lowest BCUT2D eigenvalue weighted by molar-refractivity contribution is -0.173. The molecule has 0 aliphatic carbocycles. The molecular formula is C34H40N2O6S2. The predicted octanol–water partition coefficient (Wildman–Crippen LogP) is 5.17. The normalized spacial score (nSPS) is 19.3. The molecule has 2 saturated heterocycles. The molecule has 0 amide bonds. The Morgan fingerprint density at radius 1 is 0.659 bits per heavy atom. The number of hydrogen-bond acceptors (Lipinski definition) is 10. The van der Waals surface area contributed by atoms with Gasteiger partial charge in [0.25, 0.3) is 0 Å². The maximum Gasteiger partial charge on any atom is 0.417 e. The molecule has 0 spiro atoms. The Morgan fingerprint density at radius 3 is 1.61 bits per heavy atom. The van der Waals surface area contributed by atoms with Crippen LogP contribution in [0.5, 0.6) is 0 Å². The summed E-state index contributed by atoms with van der Waals surface area (Å²) in [6.07, 6.45) is 2.60. The number of benzene rings is 2. The molecule has 0 saturated carbocycles. The number of hydrogen-bond donors (Lipinski definition) is 0. The molecule has 2 atom stereocenters. The van der Waals surface area contributed by atoms with Crippen LogP contribution in [-0.4, -0.2) is 99.6 Å². The summed E-state index contributed by atoms with van der Waals surface area (Å²) in [7, 11) is 0. The van der Waals surface area contributed by atoms with Crippen LogP contribution in [-0.2, 0) is 41.4 Å². The SMILES string of the molecule is O=C(O[C@H]1CCN(CCOCCc2ccc3ccsc3c2)C1)C(=O)O[C@H]1CCN(CCOCCc2ccc3ccsc3c2)C1. The first kappa shape index (κ1) is 31.1. The highest BCUT2D eigenvalue weighted by molar-refractivity contribution is 7.17. The Labute approximate surface area is 266 Å². The standard InChI is InChI=1S/C34H40N2O6S2/c37-33(41-29-5-11-35(23-29)13-17-39-15-7-25-1-3-27-9-19-43-31(27)21-25)34(38)42-30-6-12-36(24-30)14-18-40-16-8-26-2-4-28-10-20-44-32(28)22-26/h1-4,9-10,19-22,29-30H,5-8,11-18,23-24H2/t29-,30-/m0/s1. The number of carbonyl (C=O) groups excluding carboxylic acids is 2. The van der Waals surface area contributed by atoms with E-state index in [1.54, 1.807) is 22.7 Å². The average molecular weight is 637 g/mol. The van der Waals surface area contributed by atoms with Gasteiger partial charge in [-0.3, -0.25) is 9.80 Å². The highest BCUT2D eigenvalue weighted by Gasteiger charge is 2.32. The van der Waals surface area contributed by atoms with Crippen LogP contribution in [0.25, 0.3) is 20.2 Å². The van der Waals surface area contributed by atoms with Crippen LogP contribution in [0.4, 0.5) is 0 Å². The van der Waals surface area contributed by atoms with Gasteiger partial charge in [-0.2, -0.15) is 0 Å². The van der Waals surface area contributed by atoms with Gasteiger partial charge in [0.1, 0.15) is 12.2 Å². The summed E-state index contributed by atoms with van der Waals surface area (Å²) in [5.41, 5.74) is 2.57. The van der Waals surface area contributed by atoms with Gasteiger partial charge in [0.2, 0.25) is 0 Å². The first-order valence-electron chi connectivity index (χ1n) is 15.5. The topological polar surface area (TPSA) is 77.5 Å². The second kappa shape index (κ2) is 15.4. The van der Waals surface area contributed by atoms with Gasteiger partial charge in [-0.15, -0.1) is 22.7 Å². The zero-order chi connectivity index (χ0) is 30.1. The van der Waals surface area contributed by atoms with Crippen molar-refractivity contribution in [2.24, 2.45) is 0 Å². The third-order valence-corrected chi connectivity index (χ3v) is 10.1. The van der Waals surface area contributed by atoms with Crippen molar-refractivity contribution in [1.82, 2.24) is 9.80 Å². The molecular weight excluding hydrogens is 597 g/mol. The number of esters is 2. The van der Waals surface area contributed by atoms with Gasteiger partial charge in [-0.25, -0.2) is 9.59 Å². The average Bonchev–Trinajstić information content (AvgIpc) is 3.84. The van der Waals surface area contributed by atoms with E-state index in [4.69, 9.17) is 18.9 Å². The van der Waals surface area contributed by atoms with Crippen molar-refractivity contribution < 1.29 is 28.5 Å². The number of rotatable bonds is 14. The number of thiophene rings is 2. The van der Waals surface area contributed by atoms with Crippen molar-refractivity contribution in [2.45, 2.75) is 37.9 Å². The van der Waals surface area contributed by atoms with Crippen LogP contribution in [0, 0.1) is 0 Å². The largest absolute Gasteiger partial charge is 0.453 e. The molecule has 4 heterocycles. The van der Waals surface area contributed by atoms with E-state index >= 15 is 0 Å². The van der Waals surface area contributed by atoms with Crippen molar-refractivity contribution >= 4 is 54.8 Å². The summed E-state index contributed by atoms with van der Waals surface area (Å²) in [6.45, 7) is 6.99. The summed E-state index contributed by atoms with van der Waals surface area (Å²) in [4.78, 5) is 29.3. The van der Waals surface area contributed by atoms with Crippen LogP contribution in [0.15, 0.2) is 59.3 Å². The highest BCUT2D eigenvalue weighted by Crippen LogP contribution is 2.23. The van der Waals surface area contributed by atoms with Crippen molar-refractivity contribution in [3.8, 4) is 0 Å². The van der Waals surface area contributed by atoms with E-state index in [1.165, 1.54) is 31.3 Å². The quantitative estimate of drug-likeness (QED) is 0.107. The summed E-state index contributed by atoms with van der Waals surface area (Å²) in [5.74, 6) is -1.78. The number of fused-ring (bicyclic) bond motifs is 2. The zero-order valence-electron chi connectivity index (χ0n) is 25.0. The van der Waals surface area contributed by atoms with Gasteiger partial charge >= 0.3 is 11.9 Å². The van der Waals surface area contributed by atoms with E-state index < -0.39 is 11.9 Å². The Kier molecular flexibility index (Phi) is 10.9. The fraction of sp³-hybridized carbons (Fsp3) is 0.471. The van der Waals surface area contributed by atoms with Gasteiger partial charge in [0.05, 0.1) is 26.4 Å². The number of nitrogens with zero attached hydrogens (tertiary/aromatic N) is 2. The first-order chi connectivity index (χ1) is 21.6. The lowest BCUT2D eigenvalue weighted by Crippen LogP contribution is -2.33. The van der Waals surface area contributed by atoms with E-state index in [2.05, 4.69) is 69.1 Å². The van der Waals surface area contributed by atoms with Crippen molar-refractivity contribution in [2.75, 3.05) is 65.7 Å². The Morgan fingerprint density at radius 2 is 1.14 bits per heavy atom. The lowest BCUT2D eigenvalue weighted by atomic mass is 10.1. The van der Waals surface area contributed by atoms with Crippen LogP contribution in [0.3, 0.4) is 0 Å². The molecule has 2 fully saturated rings. The fourth-order valence-electron chi connectivity index (χ4n) is 5.87. The summed E-state index contributed by atoms with van der Waals surface area (Å²) < 4.78 is 25.3. The van der Waals surface area contributed by atoms with Gasteiger partial charge in [-0.1, -0.05) is 24.3 Å². The zero-order valence-corrected chi connectivity index (χ0v) is 26.6. The van der Waals surface area contributed by atoms with E-state index in [0.717, 1.165) is 39.0 Å². The van der Waals surface area contributed by atoms with Crippen LogP contribution >= 0.6 is 22.7 Å². The Bertz CT molecular complexity index is 1420. The van der Waals surface area contributed by atoms with E-state index in [9.17, 15) is 9.59 Å². The molecule has 234 valence electrons. The molecule has 2 aliphatic rings. The number of carbonyl (C=O) groups is 2. The van der Waals surface area contributed by atoms with Gasteiger partial charge in [0.15, 0.2) is 0 Å². The molecule has 2 aromatic carbocycles. The molecule has 0 N–H and O–H groups in total. The third-order valence-electron chi connectivity index (χ3n) is 8.39. The van der Waals surface area contributed by atoms with Gasteiger partial charge < -0.3 is 18.9 Å². The summed E-state index contributed by atoms with van der Waals surface area (Å²) in [5, 5.41) is 6.81. The minimum absolute atomic E-state index is 0.294. The summed E-state index contributed by atoms with van der Waals surface area (Å²) >= 11 is 3.52. The summed E-state index contributed by atoms with van der Waals surface area (Å²) in [6, 6.07) is 17.4. The second-order valence-corrected chi connectivity index (χ2v) is 13.4. The van der Waals surface area contributed by atoms with Gasteiger partial charge in [-0.05, 0) is 82.6 Å². The molecule has 4 aromatic rings.